The molecule has 0 bridgehead atoms. The van der Waals surface area contributed by atoms with Crippen LogP contribution in [0.5, 0.6) is 5.75 Å². The molecule has 0 aliphatic heterocycles. The Balaban J connectivity index is 2.25. The predicted octanol–water partition coefficient (Wildman–Crippen LogP) is 4.17. The molecule has 0 saturated heterocycles. The summed E-state index contributed by atoms with van der Waals surface area (Å²) in [6.07, 6.45) is 5.26. The molecule has 1 aromatic heterocycles. The number of nitrogens with zero attached hydrogens (tertiary/aromatic N) is 1. The molecule has 2 rings (SSSR count). The van der Waals surface area contributed by atoms with Crippen molar-refractivity contribution in [1.82, 2.24) is 4.98 Å². The zero-order chi connectivity index (χ0) is 12.1. The van der Waals surface area contributed by atoms with Gasteiger partial charge in [-0.25, -0.2) is 4.98 Å². The van der Waals surface area contributed by atoms with Crippen LogP contribution < -0.4 is 4.74 Å². The Morgan fingerprint density at radius 1 is 1.41 bits per heavy atom. The summed E-state index contributed by atoms with van der Waals surface area (Å²) in [5, 5.41) is 0.645. The van der Waals surface area contributed by atoms with E-state index in [1.807, 2.05) is 6.07 Å². The fourth-order valence-electron chi connectivity index (χ4n) is 1.48. The van der Waals surface area contributed by atoms with E-state index in [9.17, 15) is 0 Å². The van der Waals surface area contributed by atoms with Crippen molar-refractivity contribution in [3.63, 3.8) is 0 Å². The standard InChI is InChI=1S/C13H14ClNO2/c1-2-3-7-16-12-9-10(14)4-5-11(12)13-15-6-8-17-13/h4-6,8-9H,2-3,7H2,1H3. The van der Waals surface area contributed by atoms with Gasteiger partial charge in [-0.1, -0.05) is 24.9 Å². The first-order valence-electron chi connectivity index (χ1n) is 5.63. The van der Waals surface area contributed by atoms with E-state index in [4.69, 9.17) is 20.8 Å². The van der Waals surface area contributed by atoms with Crippen LogP contribution in [0.1, 0.15) is 19.8 Å². The summed E-state index contributed by atoms with van der Waals surface area (Å²) >= 11 is 5.96. The van der Waals surface area contributed by atoms with Crippen LogP contribution in [0.2, 0.25) is 5.02 Å². The molecule has 0 atom stereocenters. The molecular formula is C13H14ClNO2. The van der Waals surface area contributed by atoms with E-state index in [0.29, 0.717) is 23.3 Å². The van der Waals surface area contributed by atoms with Crippen molar-refractivity contribution in [1.29, 1.82) is 0 Å². The maximum atomic E-state index is 5.96. The molecule has 0 fully saturated rings. The van der Waals surface area contributed by atoms with Gasteiger partial charge < -0.3 is 9.15 Å². The molecule has 3 nitrogen and oxygen atoms in total. The molecule has 0 aliphatic carbocycles. The molecule has 4 heteroatoms. The normalized spacial score (nSPS) is 10.5. The molecule has 0 N–H and O–H groups in total. The van der Waals surface area contributed by atoms with E-state index in [0.717, 1.165) is 18.4 Å². The number of aromatic nitrogens is 1. The predicted molar refractivity (Wildman–Crippen MR) is 67.4 cm³/mol. The summed E-state index contributed by atoms with van der Waals surface area (Å²) in [7, 11) is 0. The van der Waals surface area contributed by atoms with Crippen LogP contribution in [-0.4, -0.2) is 11.6 Å². The summed E-state index contributed by atoms with van der Waals surface area (Å²) in [5.41, 5.74) is 0.829. The summed E-state index contributed by atoms with van der Waals surface area (Å²) in [4.78, 5) is 4.12. The second-order valence-corrected chi connectivity index (χ2v) is 4.12. The topological polar surface area (TPSA) is 35.3 Å². The van der Waals surface area contributed by atoms with Gasteiger partial charge in [-0.15, -0.1) is 0 Å². The van der Waals surface area contributed by atoms with Crippen LogP contribution in [0.15, 0.2) is 35.1 Å². The van der Waals surface area contributed by atoms with Gasteiger partial charge in [0.2, 0.25) is 5.89 Å². The fourth-order valence-corrected chi connectivity index (χ4v) is 1.64. The van der Waals surface area contributed by atoms with Crippen molar-refractivity contribution in [3.05, 3.63) is 35.7 Å². The molecule has 0 unspecified atom stereocenters. The van der Waals surface area contributed by atoms with Gasteiger partial charge >= 0.3 is 0 Å². The molecule has 0 aliphatic rings. The third kappa shape index (κ3) is 3.01. The van der Waals surface area contributed by atoms with Gasteiger partial charge in [-0.2, -0.15) is 0 Å². The Morgan fingerprint density at radius 2 is 2.29 bits per heavy atom. The number of hydrogen-bond donors (Lipinski definition) is 0. The zero-order valence-electron chi connectivity index (χ0n) is 9.65. The first-order valence-corrected chi connectivity index (χ1v) is 6.01. The summed E-state index contributed by atoms with van der Waals surface area (Å²) < 4.78 is 11.0. The first kappa shape index (κ1) is 12.0. The number of halogens is 1. The van der Waals surface area contributed by atoms with Crippen molar-refractivity contribution in [3.8, 4) is 17.2 Å². The molecule has 2 aromatic rings. The maximum Gasteiger partial charge on any atom is 0.229 e. The Morgan fingerprint density at radius 3 is 3.00 bits per heavy atom. The third-order valence-electron chi connectivity index (χ3n) is 2.36. The number of unbranched alkanes of at least 4 members (excludes halogenated alkanes) is 1. The van der Waals surface area contributed by atoms with E-state index >= 15 is 0 Å². The molecule has 0 saturated carbocycles. The second-order valence-electron chi connectivity index (χ2n) is 3.68. The molecule has 0 amide bonds. The van der Waals surface area contributed by atoms with Crippen molar-refractivity contribution in [2.45, 2.75) is 19.8 Å². The highest BCUT2D eigenvalue weighted by atomic mass is 35.5. The lowest BCUT2D eigenvalue weighted by molar-refractivity contribution is 0.310. The minimum absolute atomic E-state index is 0.549. The van der Waals surface area contributed by atoms with Gasteiger partial charge in [-0.3, -0.25) is 0 Å². The van der Waals surface area contributed by atoms with E-state index in [1.165, 1.54) is 0 Å². The lowest BCUT2D eigenvalue weighted by Gasteiger charge is -2.09. The van der Waals surface area contributed by atoms with Crippen molar-refractivity contribution < 1.29 is 9.15 Å². The van der Waals surface area contributed by atoms with Crippen molar-refractivity contribution in [2.75, 3.05) is 6.61 Å². The summed E-state index contributed by atoms with van der Waals surface area (Å²) in [6, 6.07) is 5.44. The monoisotopic (exact) mass is 251 g/mol. The quantitative estimate of drug-likeness (QED) is 0.748. The molecule has 1 heterocycles. The van der Waals surface area contributed by atoms with E-state index in [1.54, 1.807) is 24.6 Å². The van der Waals surface area contributed by atoms with Crippen LogP contribution in [0, 0.1) is 0 Å². The second kappa shape index (κ2) is 5.73. The van der Waals surface area contributed by atoms with E-state index in [2.05, 4.69) is 11.9 Å². The van der Waals surface area contributed by atoms with Gasteiger partial charge in [0.05, 0.1) is 18.4 Å². The largest absolute Gasteiger partial charge is 0.493 e. The minimum Gasteiger partial charge on any atom is -0.493 e. The Hall–Kier alpha value is -1.48. The molecule has 0 spiro atoms. The van der Waals surface area contributed by atoms with Crippen LogP contribution in [0.4, 0.5) is 0 Å². The van der Waals surface area contributed by atoms with Crippen LogP contribution in [-0.2, 0) is 0 Å². The first-order chi connectivity index (χ1) is 8.31. The highest BCUT2D eigenvalue weighted by molar-refractivity contribution is 6.30. The van der Waals surface area contributed by atoms with Gasteiger partial charge in [-0.05, 0) is 24.6 Å². The highest BCUT2D eigenvalue weighted by Crippen LogP contribution is 2.31. The van der Waals surface area contributed by atoms with Gasteiger partial charge in [0, 0.05) is 5.02 Å². The van der Waals surface area contributed by atoms with E-state index in [-0.39, 0.29) is 0 Å². The number of rotatable bonds is 5. The number of ether oxygens (including phenoxy) is 1. The molecule has 90 valence electrons. The number of benzene rings is 1. The number of oxazole rings is 1. The molecule has 0 radical (unpaired) electrons. The lowest BCUT2D eigenvalue weighted by atomic mass is 10.2. The van der Waals surface area contributed by atoms with Crippen LogP contribution >= 0.6 is 11.6 Å². The van der Waals surface area contributed by atoms with Gasteiger partial charge in [0.25, 0.3) is 0 Å². The average molecular weight is 252 g/mol. The molecular weight excluding hydrogens is 238 g/mol. The average Bonchev–Trinajstić information content (AvgIpc) is 2.83. The fraction of sp³-hybridized carbons (Fsp3) is 0.308. The maximum absolute atomic E-state index is 5.96. The van der Waals surface area contributed by atoms with Crippen LogP contribution in [0.3, 0.4) is 0 Å². The molecule has 1 aromatic carbocycles. The van der Waals surface area contributed by atoms with Crippen molar-refractivity contribution in [2.24, 2.45) is 0 Å². The summed E-state index contributed by atoms with van der Waals surface area (Å²) in [6.45, 7) is 2.79. The van der Waals surface area contributed by atoms with Gasteiger partial charge in [0.15, 0.2) is 0 Å². The summed E-state index contributed by atoms with van der Waals surface area (Å²) in [5.74, 6) is 1.27. The molecule has 17 heavy (non-hydrogen) atoms. The smallest absolute Gasteiger partial charge is 0.229 e. The Bertz CT molecular complexity index is 468. The Labute approximate surface area is 105 Å². The zero-order valence-corrected chi connectivity index (χ0v) is 10.4. The highest BCUT2D eigenvalue weighted by Gasteiger charge is 2.10. The van der Waals surface area contributed by atoms with Crippen molar-refractivity contribution >= 4 is 11.6 Å². The SMILES string of the molecule is CCCCOc1cc(Cl)ccc1-c1ncco1. The minimum atomic E-state index is 0.549. The lowest BCUT2D eigenvalue weighted by Crippen LogP contribution is -1.98. The van der Waals surface area contributed by atoms with Gasteiger partial charge in [0.1, 0.15) is 12.0 Å². The number of hydrogen-bond acceptors (Lipinski definition) is 3. The van der Waals surface area contributed by atoms with E-state index < -0.39 is 0 Å². The Kier molecular flexibility index (Phi) is 4.04. The van der Waals surface area contributed by atoms with Crippen LogP contribution in [0.25, 0.3) is 11.5 Å². The third-order valence-corrected chi connectivity index (χ3v) is 2.60.